The number of rotatable bonds is 3. The predicted octanol–water partition coefficient (Wildman–Crippen LogP) is 1.52. The van der Waals surface area contributed by atoms with E-state index < -0.39 is 23.8 Å². The number of allylic oxidation sites excluding steroid dienone is 2. The fourth-order valence-corrected chi connectivity index (χ4v) is 1.79. The molecule has 0 amide bonds. The molecule has 0 saturated heterocycles. The topological polar surface area (TPSA) is 74.6 Å². The molecule has 0 bridgehead atoms. The molecule has 1 rings (SSSR count). The van der Waals surface area contributed by atoms with Crippen LogP contribution in [0.1, 0.15) is 26.2 Å². The zero-order chi connectivity index (χ0) is 10.7. The molecule has 0 radical (unpaired) electrons. The Morgan fingerprint density at radius 1 is 1.36 bits per heavy atom. The quantitative estimate of drug-likeness (QED) is 0.674. The van der Waals surface area contributed by atoms with Crippen molar-refractivity contribution in [3.8, 4) is 0 Å². The van der Waals surface area contributed by atoms with E-state index in [-0.39, 0.29) is 0 Å². The summed E-state index contributed by atoms with van der Waals surface area (Å²) in [7, 11) is 0. The van der Waals surface area contributed by atoms with Crippen molar-refractivity contribution >= 4 is 11.9 Å². The van der Waals surface area contributed by atoms with E-state index in [2.05, 4.69) is 0 Å². The first-order valence-electron chi connectivity index (χ1n) is 4.69. The van der Waals surface area contributed by atoms with Gasteiger partial charge < -0.3 is 10.2 Å². The van der Waals surface area contributed by atoms with E-state index in [1.165, 1.54) is 0 Å². The van der Waals surface area contributed by atoms with Crippen LogP contribution in [0.5, 0.6) is 0 Å². The number of carboxylic acids is 2. The van der Waals surface area contributed by atoms with E-state index in [0.717, 1.165) is 12.0 Å². The average molecular weight is 198 g/mol. The van der Waals surface area contributed by atoms with E-state index >= 15 is 0 Å². The Balaban J connectivity index is 2.83. The summed E-state index contributed by atoms with van der Waals surface area (Å²) in [5.74, 6) is -3.53. The minimum absolute atomic E-state index is 0.343. The molecule has 0 heterocycles. The van der Waals surface area contributed by atoms with Crippen molar-refractivity contribution in [2.45, 2.75) is 26.2 Å². The van der Waals surface area contributed by atoms with Crippen molar-refractivity contribution < 1.29 is 19.8 Å². The lowest BCUT2D eigenvalue weighted by molar-refractivity contribution is -0.153. The van der Waals surface area contributed by atoms with E-state index in [1.54, 1.807) is 0 Å². The molecule has 0 fully saturated rings. The summed E-state index contributed by atoms with van der Waals surface area (Å²) in [6.45, 7) is 1.95. The van der Waals surface area contributed by atoms with Gasteiger partial charge in [-0.25, -0.2) is 0 Å². The van der Waals surface area contributed by atoms with Gasteiger partial charge in [-0.1, -0.05) is 18.6 Å². The molecule has 0 aromatic carbocycles. The highest BCUT2D eigenvalue weighted by atomic mass is 16.4. The second kappa shape index (κ2) is 4.26. The third kappa shape index (κ3) is 2.13. The second-order valence-electron chi connectivity index (χ2n) is 3.55. The van der Waals surface area contributed by atoms with Crippen molar-refractivity contribution in [1.29, 1.82) is 0 Å². The van der Waals surface area contributed by atoms with Crippen LogP contribution < -0.4 is 0 Å². The molecule has 2 N–H and O–H groups in total. The van der Waals surface area contributed by atoms with Gasteiger partial charge in [0, 0.05) is 0 Å². The molecule has 1 aliphatic rings. The van der Waals surface area contributed by atoms with Gasteiger partial charge in [0.15, 0.2) is 0 Å². The average Bonchev–Trinajstić information content (AvgIpc) is 2.16. The van der Waals surface area contributed by atoms with Gasteiger partial charge in [-0.05, 0) is 19.3 Å². The molecule has 0 spiro atoms. The van der Waals surface area contributed by atoms with Gasteiger partial charge >= 0.3 is 11.9 Å². The Labute approximate surface area is 82.2 Å². The lowest BCUT2D eigenvalue weighted by Gasteiger charge is -2.24. The van der Waals surface area contributed by atoms with Crippen LogP contribution in [0.15, 0.2) is 11.6 Å². The van der Waals surface area contributed by atoms with Crippen LogP contribution in [0.25, 0.3) is 0 Å². The van der Waals surface area contributed by atoms with Crippen molar-refractivity contribution in [1.82, 2.24) is 0 Å². The highest BCUT2D eigenvalue weighted by molar-refractivity contribution is 5.80. The van der Waals surface area contributed by atoms with Crippen molar-refractivity contribution in [2.24, 2.45) is 11.8 Å². The van der Waals surface area contributed by atoms with Gasteiger partial charge in [-0.3, -0.25) is 9.59 Å². The van der Waals surface area contributed by atoms with Crippen molar-refractivity contribution in [3.05, 3.63) is 11.6 Å². The maximum atomic E-state index is 10.8. The van der Waals surface area contributed by atoms with Gasteiger partial charge in [0.25, 0.3) is 0 Å². The van der Waals surface area contributed by atoms with Crippen LogP contribution in [0, 0.1) is 11.8 Å². The maximum Gasteiger partial charge on any atom is 0.307 e. The smallest absolute Gasteiger partial charge is 0.307 e. The minimum atomic E-state index is -1.01. The van der Waals surface area contributed by atoms with Gasteiger partial charge in [0.1, 0.15) is 0 Å². The zero-order valence-electron chi connectivity index (χ0n) is 8.06. The van der Waals surface area contributed by atoms with Gasteiger partial charge in [-0.2, -0.15) is 0 Å². The van der Waals surface area contributed by atoms with E-state index in [4.69, 9.17) is 10.2 Å². The highest BCUT2D eigenvalue weighted by Crippen LogP contribution is 2.31. The summed E-state index contributed by atoms with van der Waals surface area (Å²) >= 11 is 0. The van der Waals surface area contributed by atoms with Crippen LogP contribution in [0.2, 0.25) is 0 Å². The van der Waals surface area contributed by atoms with Crippen LogP contribution in [-0.4, -0.2) is 22.2 Å². The fraction of sp³-hybridized carbons (Fsp3) is 0.600. The molecule has 2 unspecified atom stereocenters. The molecule has 78 valence electrons. The van der Waals surface area contributed by atoms with Crippen molar-refractivity contribution in [2.75, 3.05) is 0 Å². The molecule has 1 aliphatic carbocycles. The lowest BCUT2D eigenvalue weighted by atomic mass is 9.79. The van der Waals surface area contributed by atoms with Crippen LogP contribution in [0.4, 0.5) is 0 Å². The van der Waals surface area contributed by atoms with Crippen LogP contribution in [0.3, 0.4) is 0 Å². The van der Waals surface area contributed by atoms with Gasteiger partial charge in [-0.15, -0.1) is 0 Å². The minimum Gasteiger partial charge on any atom is -0.481 e. The van der Waals surface area contributed by atoms with E-state index in [9.17, 15) is 9.59 Å². The summed E-state index contributed by atoms with van der Waals surface area (Å²) in [6.07, 6.45) is 3.38. The summed E-state index contributed by atoms with van der Waals surface area (Å²) in [5, 5.41) is 17.7. The van der Waals surface area contributed by atoms with Crippen molar-refractivity contribution in [3.63, 3.8) is 0 Å². The van der Waals surface area contributed by atoms with Crippen LogP contribution >= 0.6 is 0 Å². The fourth-order valence-electron chi connectivity index (χ4n) is 1.79. The molecular formula is C10H14O4. The normalized spacial score (nSPS) is 26.8. The molecule has 0 saturated carbocycles. The summed E-state index contributed by atoms with van der Waals surface area (Å²) in [6, 6.07) is 0. The largest absolute Gasteiger partial charge is 0.481 e. The van der Waals surface area contributed by atoms with E-state index in [0.29, 0.717) is 12.8 Å². The molecule has 4 nitrogen and oxygen atoms in total. The Bertz CT molecular complexity index is 280. The van der Waals surface area contributed by atoms with Gasteiger partial charge in [0.05, 0.1) is 11.8 Å². The molecule has 0 aromatic heterocycles. The number of carbonyl (C=O) groups is 2. The Morgan fingerprint density at radius 2 is 1.93 bits per heavy atom. The number of hydrogen-bond acceptors (Lipinski definition) is 2. The summed E-state index contributed by atoms with van der Waals surface area (Å²) < 4.78 is 0. The standard InChI is InChI=1S/C10H14O4/c1-2-6-3-4-7(9(11)12)8(5-6)10(13)14/h3,7-8H,2,4-5H2,1H3,(H,11,12)(H,13,14). The van der Waals surface area contributed by atoms with E-state index in [1.807, 2.05) is 13.0 Å². The molecule has 14 heavy (non-hydrogen) atoms. The second-order valence-corrected chi connectivity index (χ2v) is 3.55. The first-order chi connectivity index (χ1) is 6.56. The number of aliphatic carboxylic acids is 2. The Morgan fingerprint density at radius 3 is 2.36 bits per heavy atom. The summed E-state index contributed by atoms with van der Waals surface area (Å²) in [5.41, 5.74) is 1.05. The first kappa shape index (κ1) is 10.8. The monoisotopic (exact) mass is 198 g/mol. The third-order valence-corrected chi connectivity index (χ3v) is 2.72. The molecule has 0 aliphatic heterocycles. The third-order valence-electron chi connectivity index (χ3n) is 2.72. The van der Waals surface area contributed by atoms with Gasteiger partial charge in [0.2, 0.25) is 0 Å². The molecular weight excluding hydrogens is 184 g/mol. The molecule has 2 atom stereocenters. The lowest BCUT2D eigenvalue weighted by Crippen LogP contribution is -2.32. The summed E-state index contributed by atoms with van der Waals surface area (Å²) in [4.78, 5) is 21.6. The first-order valence-corrected chi connectivity index (χ1v) is 4.69. The SMILES string of the molecule is CCC1=CCC(C(=O)O)C(C(=O)O)C1. The molecule has 0 aromatic rings. The maximum absolute atomic E-state index is 10.8. The predicted molar refractivity (Wildman–Crippen MR) is 49.9 cm³/mol. The Kier molecular flexibility index (Phi) is 3.28. The number of carboxylic acid groups (broad SMARTS) is 2. The highest BCUT2D eigenvalue weighted by Gasteiger charge is 2.35. The van der Waals surface area contributed by atoms with Crippen LogP contribution in [-0.2, 0) is 9.59 Å². The number of hydrogen-bond donors (Lipinski definition) is 2. The molecule has 4 heteroatoms. The Hall–Kier alpha value is -1.32. The zero-order valence-corrected chi connectivity index (χ0v) is 8.06.